The summed E-state index contributed by atoms with van der Waals surface area (Å²) in [6, 6.07) is 9.69. The SMILES string of the molecule is O=C(NCCCO)NCc1nc(-c2ccccc2)cs1. The molecular formula is C14H17N3O2S. The Balaban J connectivity index is 1.83. The standard InChI is InChI=1S/C14H17N3O2S/c18-8-4-7-15-14(19)16-9-13-17-12(10-20-13)11-5-2-1-3-6-11/h1-3,5-6,10,18H,4,7-9H2,(H2,15,16,19). The van der Waals surface area contributed by atoms with E-state index in [-0.39, 0.29) is 12.6 Å². The second-order valence-corrected chi connectivity index (χ2v) is 5.12. The fourth-order valence-electron chi connectivity index (χ4n) is 1.63. The Morgan fingerprint density at radius 1 is 1.25 bits per heavy atom. The van der Waals surface area contributed by atoms with Gasteiger partial charge in [-0.1, -0.05) is 30.3 Å². The first-order chi connectivity index (χ1) is 9.79. The zero-order valence-corrected chi connectivity index (χ0v) is 11.8. The second-order valence-electron chi connectivity index (χ2n) is 4.18. The molecule has 5 nitrogen and oxygen atoms in total. The highest BCUT2D eigenvalue weighted by atomic mass is 32.1. The molecule has 0 aliphatic rings. The van der Waals surface area contributed by atoms with Crippen LogP contribution in [0.5, 0.6) is 0 Å². The van der Waals surface area contributed by atoms with Crippen molar-refractivity contribution in [2.24, 2.45) is 0 Å². The van der Waals surface area contributed by atoms with Crippen molar-refractivity contribution in [2.75, 3.05) is 13.2 Å². The Hall–Kier alpha value is -1.92. The van der Waals surface area contributed by atoms with Gasteiger partial charge in [-0.2, -0.15) is 0 Å². The number of nitrogens with zero attached hydrogens (tertiary/aromatic N) is 1. The predicted molar refractivity (Wildman–Crippen MR) is 79.5 cm³/mol. The van der Waals surface area contributed by atoms with E-state index in [1.54, 1.807) is 0 Å². The molecule has 0 aliphatic heterocycles. The number of hydrogen-bond acceptors (Lipinski definition) is 4. The van der Waals surface area contributed by atoms with Gasteiger partial charge >= 0.3 is 6.03 Å². The molecule has 1 aromatic heterocycles. The van der Waals surface area contributed by atoms with E-state index in [0.29, 0.717) is 19.5 Å². The second kappa shape index (κ2) is 7.62. The molecule has 0 fully saturated rings. The molecule has 0 radical (unpaired) electrons. The number of aromatic nitrogens is 1. The van der Waals surface area contributed by atoms with Crippen LogP contribution in [0.3, 0.4) is 0 Å². The Bertz CT molecular complexity index is 542. The van der Waals surface area contributed by atoms with Gasteiger partial charge < -0.3 is 15.7 Å². The van der Waals surface area contributed by atoms with E-state index in [9.17, 15) is 4.79 Å². The molecule has 0 bridgehead atoms. The number of carbonyl (C=O) groups is 1. The van der Waals surface area contributed by atoms with Crippen LogP contribution in [0.1, 0.15) is 11.4 Å². The lowest BCUT2D eigenvalue weighted by Crippen LogP contribution is -2.35. The minimum Gasteiger partial charge on any atom is -0.396 e. The summed E-state index contributed by atoms with van der Waals surface area (Å²) in [7, 11) is 0. The summed E-state index contributed by atoms with van der Waals surface area (Å²) in [5, 5.41) is 16.9. The Morgan fingerprint density at radius 3 is 2.80 bits per heavy atom. The van der Waals surface area contributed by atoms with Gasteiger partial charge in [0.05, 0.1) is 12.2 Å². The van der Waals surface area contributed by atoms with Crippen molar-refractivity contribution in [3.8, 4) is 11.3 Å². The molecule has 1 heterocycles. The zero-order chi connectivity index (χ0) is 14.2. The number of hydrogen-bond donors (Lipinski definition) is 3. The van der Waals surface area contributed by atoms with Crippen molar-refractivity contribution >= 4 is 17.4 Å². The number of amides is 2. The van der Waals surface area contributed by atoms with E-state index in [2.05, 4.69) is 15.6 Å². The number of thiazole rings is 1. The van der Waals surface area contributed by atoms with Gasteiger partial charge in [0.2, 0.25) is 0 Å². The Kier molecular flexibility index (Phi) is 5.52. The quantitative estimate of drug-likeness (QED) is 0.713. The Morgan fingerprint density at radius 2 is 2.05 bits per heavy atom. The van der Waals surface area contributed by atoms with E-state index in [4.69, 9.17) is 5.11 Å². The molecule has 106 valence electrons. The number of carbonyl (C=O) groups excluding carboxylic acids is 1. The average Bonchev–Trinajstić information content (AvgIpc) is 2.95. The number of rotatable bonds is 6. The molecule has 0 unspecified atom stereocenters. The highest BCUT2D eigenvalue weighted by Gasteiger charge is 2.05. The first-order valence-corrected chi connectivity index (χ1v) is 7.30. The highest BCUT2D eigenvalue weighted by molar-refractivity contribution is 7.09. The first-order valence-electron chi connectivity index (χ1n) is 6.42. The number of aliphatic hydroxyl groups is 1. The fourth-order valence-corrected chi connectivity index (χ4v) is 2.38. The van der Waals surface area contributed by atoms with E-state index < -0.39 is 0 Å². The molecular weight excluding hydrogens is 274 g/mol. The topological polar surface area (TPSA) is 74.2 Å². The number of nitrogens with one attached hydrogen (secondary N) is 2. The maximum Gasteiger partial charge on any atom is 0.315 e. The van der Waals surface area contributed by atoms with Crippen LogP contribution in [0, 0.1) is 0 Å². The van der Waals surface area contributed by atoms with E-state index in [0.717, 1.165) is 16.3 Å². The molecule has 2 rings (SSSR count). The van der Waals surface area contributed by atoms with Crippen molar-refractivity contribution < 1.29 is 9.90 Å². The van der Waals surface area contributed by atoms with Crippen LogP contribution in [0.4, 0.5) is 4.79 Å². The summed E-state index contributed by atoms with van der Waals surface area (Å²) in [5.74, 6) is 0. The summed E-state index contributed by atoms with van der Waals surface area (Å²) < 4.78 is 0. The molecule has 6 heteroatoms. The third kappa shape index (κ3) is 4.32. The smallest absolute Gasteiger partial charge is 0.315 e. The summed E-state index contributed by atoms with van der Waals surface area (Å²) in [4.78, 5) is 15.9. The van der Waals surface area contributed by atoms with Gasteiger partial charge in [-0.25, -0.2) is 9.78 Å². The van der Waals surface area contributed by atoms with Crippen LogP contribution >= 0.6 is 11.3 Å². The van der Waals surface area contributed by atoms with Gasteiger partial charge in [-0.15, -0.1) is 11.3 Å². The van der Waals surface area contributed by atoms with Crippen molar-refractivity contribution in [3.63, 3.8) is 0 Å². The number of benzene rings is 1. The minimum atomic E-state index is -0.241. The van der Waals surface area contributed by atoms with Crippen molar-refractivity contribution in [1.29, 1.82) is 0 Å². The highest BCUT2D eigenvalue weighted by Crippen LogP contribution is 2.21. The van der Waals surface area contributed by atoms with Crippen LogP contribution in [-0.4, -0.2) is 29.3 Å². The molecule has 0 saturated heterocycles. The molecule has 1 aromatic carbocycles. The maximum absolute atomic E-state index is 11.4. The molecule has 3 N–H and O–H groups in total. The van der Waals surface area contributed by atoms with Gasteiger partial charge in [0.1, 0.15) is 5.01 Å². The van der Waals surface area contributed by atoms with Crippen molar-refractivity contribution in [3.05, 3.63) is 40.7 Å². The molecule has 0 saturated carbocycles. The van der Waals surface area contributed by atoms with Gasteiger partial charge in [-0.3, -0.25) is 0 Å². The van der Waals surface area contributed by atoms with Gasteiger partial charge in [0.15, 0.2) is 0 Å². The molecule has 0 spiro atoms. The lowest BCUT2D eigenvalue weighted by Gasteiger charge is -2.04. The van der Waals surface area contributed by atoms with E-state index in [1.165, 1.54) is 11.3 Å². The van der Waals surface area contributed by atoms with E-state index in [1.807, 2.05) is 35.7 Å². The van der Waals surface area contributed by atoms with Crippen LogP contribution < -0.4 is 10.6 Å². The fraction of sp³-hybridized carbons (Fsp3) is 0.286. The van der Waals surface area contributed by atoms with Crippen LogP contribution in [-0.2, 0) is 6.54 Å². The lowest BCUT2D eigenvalue weighted by molar-refractivity contribution is 0.237. The van der Waals surface area contributed by atoms with E-state index >= 15 is 0 Å². The predicted octanol–water partition coefficient (Wildman–Crippen LogP) is 1.99. The van der Waals surface area contributed by atoms with Gasteiger partial charge in [-0.05, 0) is 6.42 Å². The van der Waals surface area contributed by atoms with Crippen LogP contribution in [0.15, 0.2) is 35.7 Å². The number of aliphatic hydroxyl groups excluding tert-OH is 1. The molecule has 2 aromatic rings. The summed E-state index contributed by atoms with van der Waals surface area (Å²) in [6.07, 6.45) is 0.558. The molecule has 20 heavy (non-hydrogen) atoms. The summed E-state index contributed by atoms with van der Waals surface area (Å²) >= 11 is 1.52. The largest absolute Gasteiger partial charge is 0.396 e. The van der Waals surface area contributed by atoms with Crippen molar-refractivity contribution in [2.45, 2.75) is 13.0 Å². The molecule has 0 atom stereocenters. The van der Waals surface area contributed by atoms with Crippen LogP contribution in [0.2, 0.25) is 0 Å². The summed E-state index contributed by atoms with van der Waals surface area (Å²) in [6.45, 7) is 0.950. The Labute approximate surface area is 121 Å². The number of urea groups is 1. The third-order valence-electron chi connectivity index (χ3n) is 2.64. The van der Waals surface area contributed by atoms with Crippen LogP contribution in [0.25, 0.3) is 11.3 Å². The van der Waals surface area contributed by atoms with Gasteiger partial charge in [0.25, 0.3) is 0 Å². The first kappa shape index (κ1) is 14.5. The summed E-state index contributed by atoms with van der Waals surface area (Å²) in [5.41, 5.74) is 2.00. The lowest BCUT2D eigenvalue weighted by atomic mass is 10.2. The molecule has 2 amide bonds. The molecule has 0 aliphatic carbocycles. The normalized spacial score (nSPS) is 10.2. The maximum atomic E-state index is 11.4. The average molecular weight is 291 g/mol. The third-order valence-corrected chi connectivity index (χ3v) is 3.49. The van der Waals surface area contributed by atoms with Gasteiger partial charge in [0, 0.05) is 24.1 Å². The minimum absolute atomic E-state index is 0.0766. The zero-order valence-electron chi connectivity index (χ0n) is 11.0. The monoisotopic (exact) mass is 291 g/mol. The van der Waals surface area contributed by atoms with Crippen molar-refractivity contribution in [1.82, 2.24) is 15.6 Å².